The molecule has 0 saturated heterocycles. The Morgan fingerprint density at radius 1 is 1.20 bits per heavy atom. The molecule has 3 aromatic rings. The van der Waals surface area contributed by atoms with Crippen molar-refractivity contribution < 1.29 is 4.79 Å². The highest BCUT2D eigenvalue weighted by molar-refractivity contribution is 5.74. The van der Waals surface area contributed by atoms with Crippen LogP contribution >= 0.6 is 0 Å². The van der Waals surface area contributed by atoms with Gasteiger partial charge in [-0.2, -0.15) is 5.10 Å². The average molecular weight is 335 g/mol. The molecule has 3 rings (SSSR count). The minimum Gasteiger partial charge on any atom is -0.334 e. The normalized spacial score (nSPS) is 11.8. The second-order valence-corrected chi connectivity index (χ2v) is 5.88. The van der Waals surface area contributed by atoms with E-state index in [4.69, 9.17) is 0 Å². The zero-order chi connectivity index (χ0) is 17.6. The number of carbonyl (C=O) groups is 1. The minimum atomic E-state index is -0.202. The van der Waals surface area contributed by atoms with Crippen LogP contribution in [0.1, 0.15) is 29.7 Å². The number of carbonyl (C=O) groups excluding carboxylic acids is 1. The van der Waals surface area contributed by atoms with Crippen LogP contribution in [0.2, 0.25) is 0 Å². The Morgan fingerprint density at radius 2 is 2.04 bits per heavy atom. The van der Waals surface area contributed by atoms with Gasteiger partial charge in [-0.15, -0.1) is 0 Å². The molecule has 6 heteroatoms. The van der Waals surface area contributed by atoms with E-state index in [1.54, 1.807) is 17.1 Å². The van der Waals surface area contributed by atoms with E-state index in [0.717, 1.165) is 22.5 Å². The van der Waals surface area contributed by atoms with Gasteiger partial charge in [-0.05, 0) is 42.7 Å². The fourth-order valence-electron chi connectivity index (χ4n) is 2.64. The zero-order valence-corrected chi connectivity index (χ0v) is 14.3. The van der Waals surface area contributed by atoms with Gasteiger partial charge in [0.2, 0.25) is 0 Å². The first kappa shape index (κ1) is 16.7. The van der Waals surface area contributed by atoms with Crippen molar-refractivity contribution in [1.82, 2.24) is 25.4 Å². The molecule has 0 bridgehead atoms. The minimum absolute atomic E-state index is 0.0542. The Bertz CT molecular complexity index is 827. The number of rotatable bonds is 5. The van der Waals surface area contributed by atoms with E-state index in [1.165, 1.54) is 0 Å². The molecule has 1 aromatic carbocycles. The molecular weight excluding hydrogens is 314 g/mol. The quantitative estimate of drug-likeness (QED) is 0.752. The molecule has 2 N–H and O–H groups in total. The van der Waals surface area contributed by atoms with Crippen molar-refractivity contribution in [3.63, 3.8) is 0 Å². The SMILES string of the molecule is Cc1ccccc1C(C)NC(=O)NCc1ccc(-n2cccn2)nc1. The summed E-state index contributed by atoms with van der Waals surface area (Å²) in [6, 6.07) is 13.4. The van der Waals surface area contributed by atoms with E-state index < -0.39 is 0 Å². The number of benzene rings is 1. The summed E-state index contributed by atoms with van der Waals surface area (Å²) in [5.74, 6) is 0.742. The molecule has 1 unspecified atom stereocenters. The lowest BCUT2D eigenvalue weighted by atomic mass is 10.0. The molecule has 2 amide bonds. The number of aryl methyl sites for hydroxylation is 1. The lowest BCUT2D eigenvalue weighted by Crippen LogP contribution is -2.36. The summed E-state index contributed by atoms with van der Waals surface area (Å²) in [6.45, 7) is 4.43. The third kappa shape index (κ3) is 4.23. The summed E-state index contributed by atoms with van der Waals surface area (Å²) in [5.41, 5.74) is 3.20. The largest absolute Gasteiger partial charge is 0.334 e. The molecule has 1 atom stereocenters. The Labute approximate surface area is 146 Å². The topological polar surface area (TPSA) is 71.8 Å². The van der Waals surface area contributed by atoms with Crippen LogP contribution in [0.4, 0.5) is 4.79 Å². The molecule has 2 aromatic heterocycles. The standard InChI is InChI=1S/C19H21N5O/c1-14-6-3-4-7-17(14)15(2)23-19(25)21-13-16-8-9-18(20-12-16)24-11-5-10-22-24/h3-12,15H,13H2,1-2H3,(H2,21,23,25). The average Bonchev–Trinajstić information content (AvgIpc) is 3.15. The van der Waals surface area contributed by atoms with Crippen molar-refractivity contribution >= 4 is 6.03 Å². The van der Waals surface area contributed by atoms with Crippen LogP contribution in [0.5, 0.6) is 0 Å². The maximum absolute atomic E-state index is 12.1. The summed E-state index contributed by atoms with van der Waals surface area (Å²) >= 11 is 0. The molecule has 0 aliphatic rings. The molecular formula is C19H21N5O. The first-order valence-electron chi connectivity index (χ1n) is 8.18. The van der Waals surface area contributed by atoms with E-state index in [2.05, 4.69) is 20.7 Å². The van der Waals surface area contributed by atoms with Crippen molar-refractivity contribution in [3.8, 4) is 5.82 Å². The van der Waals surface area contributed by atoms with Crippen LogP contribution in [-0.2, 0) is 6.54 Å². The molecule has 0 saturated carbocycles. The van der Waals surface area contributed by atoms with Crippen LogP contribution in [0.3, 0.4) is 0 Å². The maximum atomic E-state index is 12.1. The van der Waals surface area contributed by atoms with Gasteiger partial charge in [0, 0.05) is 25.1 Å². The summed E-state index contributed by atoms with van der Waals surface area (Å²) < 4.78 is 1.69. The molecule has 0 aliphatic carbocycles. The van der Waals surface area contributed by atoms with Crippen molar-refractivity contribution in [2.24, 2.45) is 0 Å². The van der Waals surface area contributed by atoms with Crippen LogP contribution in [0.25, 0.3) is 5.82 Å². The number of hydrogen-bond donors (Lipinski definition) is 2. The predicted octanol–water partition coefficient (Wildman–Crippen LogP) is 3.14. The highest BCUT2D eigenvalue weighted by Crippen LogP contribution is 2.16. The number of nitrogens with one attached hydrogen (secondary N) is 2. The second kappa shape index (κ2) is 7.61. The van der Waals surface area contributed by atoms with Gasteiger partial charge in [0.05, 0.1) is 6.04 Å². The summed E-state index contributed by atoms with van der Waals surface area (Å²) in [7, 11) is 0. The van der Waals surface area contributed by atoms with Gasteiger partial charge in [-0.1, -0.05) is 30.3 Å². The van der Waals surface area contributed by atoms with E-state index in [9.17, 15) is 4.79 Å². The molecule has 2 heterocycles. The van der Waals surface area contributed by atoms with Gasteiger partial charge in [0.1, 0.15) is 0 Å². The summed E-state index contributed by atoms with van der Waals surface area (Å²) in [6.07, 6.45) is 5.28. The van der Waals surface area contributed by atoms with Crippen LogP contribution in [0, 0.1) is 6.92 Å². The highest BCUT2D eigenvalue weighted by atomic mass is 16.2. The molecule has 0 aliphatic heterocycles. The summed E-state index contributed by atoms with van der Waals surface area (Å²) in [4.78, 5) is 16.5. The van der Waals surface area contributed by atoms with Gasteiger partial charge in [0.15, 0.2) is 5.82 Å². The van der Waals surface area contributed by atoms with Gasteiger partial charge >= 0.3 is 6.03 Å². The number of pyridine rings is 1. The number of aromatic nitrogens is 3. The second-order valence-electron chi connectivity index (χ2n) is 5.88. The Morgan fingerprint density at radius 3 is 2.72 bits per heavy atom. The Kier molecular flexibility index (Phi) is 5.09. The van der Waals surface area contributed by atoms with Crippen LogP contribution in [-0.4, -0.2) is 20.8 Å². The molecule has 6 nitrogen and oxygen atoms in total. The van der Waals surface area contributed by atoms with E-state index in [1.807, 2.05) is 62.5 Å². The van der Waals surface area contributed by atoms with Crippen molar-refractivity contribution in [3.05, 3.63) is 77.7 Å². The lowest BCUT2D eigenvalue weighted by molar-refractivity contribution is 0.237. The smallest absolute Gasteiger partial charge is 0.315 e. The third-order valence-electron chi connectivity index (χ3n) is 4.00. The Hall–Kier alpha value is -3.15. The van der Waals surface area contributed by atoms with E-state index in [0.29, 0.717) is 6.54 Å². The van der Waals surface area contributed by atoms with E-state index >= 15 is 0 Å². The molecule has 128 valence electrons. The first-order valence-corrected chi connectivity index (χ1v) is 8.18. The van der Waals surface area contributed by atoms with Crippen molar-refractivity contribution in [2.45, 2.75) is 26.4 Å². The van der Waals surface area contributed by atoms with Crippen LogP contribution in [0.15, 0.2) is 61.1 Å². The lowest BCUT2D eigenvalue weighted by Gasteiger charge is -2.17. The van der Waals surface area contributed by atoms with E-state index in [-0.39, 0.29) is 12.1 Å². The van der Waals surface area contributed by atoms with Gasteiger partial charge < -0.3 is 10.6 Å². The predicted molar refractivity (Wildman–Crippen MR) is 96.3 cm³/mol. The highest BCUT2D eigenvalue weighted by Gasteiger charge is 2.11. The molecule has 25 heavy (non-hydrogen) atoms. The number of hydrogen-bond acceptors (Lipinski definition) is 3. The van der Waals surface area contributed by atoms with Crippen molar-refractivity contribution in [2.75, 3.05) is 0 Å². The summed E-state index contributed by atoms with van der Waals surface area (Å²) in [5, 5.41) is 9.95. The zero-order valence-electron chi connectivity index (χ0n) is 14.3. The fourth-order valence-corrected chi connectivity index (χ4v) is 2.64. The first-order chi connectivity index (χ1) is 12.1. The number of urea groups is 1. The number of nitrogens with zero attached hydrogens (tertiary/aromatic N) is 3. The Balaban J connectivity index is 1.53. The van der Waals surface area contributed by atoms with Crippen molar-refractivity contribution in [1.29, 1.82) is 0 Å². The third-order valence-corrected chi connectivity index (χ3v) is 4.00. The molecule has 0 fully saturated rings. The molecule has 0 spiro atoms. The van der Waals surface area contributed by atoms with Gasteiger partial charge in [-0.25, -0.2) is 14.5 Å². The maximum Gasteiger partial charge on any atom is 0.315 e. The number of amides is 2. The van der Waals surface area contributed by atoms with Gasteiger partial charge in [0.25, 0.3) is 0 Å². The molecule has 0 radical (unpaired) electrons. The van der Waals surface area contributed by atoms with Crippen LogP contribution < -0.4 is 10.6 Å². The van der Waals surface area contributed by atoms with Gasteiger partial charge in [-0.3, -0.25) is 0 Å². The fraction of sp³-hybridized carbons (Fsp3) is 0.211. The monoisotopic (exact) mass is 335 g/mol.